The molecule has 3 rings (SSSR count). The number of hydrogen-bond donors (Lipinski definition) is 1. The molecule has 2 atom stereocenters. The number of hydrogen-bond acceptors (Lipinski definition) is 5. The molecule has 2 aromatic rings. The Bertz CT molecular complexity index is 1060. The fourth-order valence-corrected chi connectivity index (χ4v) is 3.80. The normalized spacial score (nSPS) is 18.0. The lowest BCUT2D eigenvalue weighted by Crippen LogP contribution is -2.46. The summed E-state index contributed by atoms with van der Waals surface area (Å²) in [5.41, 5.74) is 1.92. The Morgan fingerprint density at radius 3 is 2.47 bits per heavy atom. The molecule has 2 amide bonds. The van der Waals surface area contributed by atoms with Gasteiger partial charge in [-0.15, -0.1) is 0 Å². The third-order valence-corrected chi connectivity index (χ3v) is 5.61. The van der Waals surface area contributed by atoms with Gasteiger partial charge in [-0.3, -0.25) is 9.59 Å². The highest BCUT2D eigenvalue weighted by molar-refractivity contribution is 5.89. The average molecular weight is 415 g/mol. The lowest BCUT2D eigenvalue weighted by atomic mass is 10.0. The summed E-state index contributed by atoms with van der Waals surface area (Å²) in [5.74, 6) is 0.243. The fraction of sp³-hybridized carbons (Fsp3) is 0.522. The van der Waals surface area contributed by atoms with Gasteiger partial charge >= 0.3 is 5.63 Å². The van der Waals surface area contributed by atoms with Crippen molar-refractivity contribution in [3.8, 4) is 5.75 Å². The van der Waals surface area contributed by atoms with Crippen LogP contribution >= 0.6 is 0 Å². The van der Waals surface area contributed by atoms with E-state index in [-0.39, 0.29) is 35.4 Å². The van der Waals surface area contributed by atoms with Crippen LogP contribution in [0.5, 0.6) is 5.75 Å². The Morgan fingerprint density at radius 1 is 1.20 bits per heavy atom. The first kappa shape index (κ1) is 21.9. The zero-order chi connectivity index (χ0) is 22.4. The third kappa shape index (κ3) is 4.20. The zero-order valence-electron chi connectivity index (χ0n) is 18.7. The standard InChI is InChI=1S/C23H30N2O5/c1-12-8-17(20-13(2)14(3)22(28)30-18(20)9-12)29-15(4)21(27)24-16-10-19(26)25(11-16)23(5,6)7/h8-9,15-16H,10-11H2,1-7H3,(H,24,27). The molecule has 1 N–H and O–H groups in total. The lowest BCUT2D eigenvalue weighted by Gasteiger charge is -2.32. The van der Waals surface area contributed by atoms with Gasteiger partial charge in [-0.1, -0.05) is 0 Å². The van der Waals surface area contributed by atoms with Gasteiger partial charge in [0.1, 0.15) is 11.3 Å². The van der Waals surface area contributed by atoms with Crippen LogP contribution in [0.2, 0.25) is 0 Å². The van der Waals surface area contributed by atoms with Crippen molar-refractivity contribution in [2.24, 2.45) is 0 Å². The molecule has 2 heterocycles. The van der Waals surface area contributed by atoms with E-state index in [9.17, 15) is 14.4 Å². The topological polar surface area (TPSA) is 88.9 Å². The van der Waals surface area contributed by atoms with E-state index in [1.807, 2.05) is 40.7 Å². The number of amides is 2. The molecule has 7 nitrogen and oxygen atoms in total. The maximum absolute atomic E-state index is 12.8. The van der Waals surface area contributed by atoms with Crippen molar-refractivity contribution < 1.29 is 18.7 Å². The molecular weight excluding hydrogens is 384 g/mol. The largest absolute Gasteiger partial charge is 0.480 e. The molecule has 162 valence electrons. The van der Waals surface area contributed by atoms with Crippen LogP contribution in [0.1, 0.15) is 50.8 Å². The van der Waals surface area contributed by atoms with Crippen LogP contribution < -0.4 is 15.7 Å². The molecule has 0 aliphatic carbocycles. The van der Waals surface area contributed by atoms with E-state index in [1.165, 1.54) is 0 Å². The first-order valence-electron chi connectivity index (χ1n) is 10.2. The van der Waals surface area contributed by atoms with Crippen molar-refractivity contribution in [1.29, 1.82) is 0 Å². The fourth-order valence-electron chi connectivity index (χ4n) is 3.80. The third-order valence-electron chi connectivity index (χ3n) is 5.61. The second kappa shape index (κ2) is 7.78. The number of nitrogens with one attached hydrogen (secondary N) is 1. The predicted molar refractivity (Wildman–Crippen MR) is 115 cm³/mol. The highest BCUT2D eigenvalue weighted by Crippen LogP contribution is 2.31. The molecule has 1 aliphatic heterocycles. The van der Waals surface area contributed by atoms with Crippen molar-refractivity contribution in [2.45, 2.75) is 72.6 Å². The van der Waals surface area contributed by atoms with E-state index in [4.69, 9.17) is 9.15 Å². The van der Waals surface area contributed by atoms with Gasteiger partial charge in [0.25, 0.3) is 5.91 Å². The summed E-state index contributed by atoms with van der Waals surface area (Å²) in [5, 5.41) is 3.62. The Balaban J connectivity index is 1.79. The molecule has 7 heteroatoms. The van der Waals surface area contributed by atoms with E-state index in [0.29, 0.717) is 28.8 Å². The molecule has 1 aliphatic rings. The first-order valence-corrected chi connectivity index (χ1v) is 10.2. The maximum atomic E-state index is 12.8. The van der Waals surface area contributed by atoms with Gasteiger partial charge in [-0.2, -0.15) is 0 Å². The molecule has 30 heavy (non-hydrogen) atoms. The molecule has 0 spiro atoms. The smallest absolute Gasteiger partial charge is 0.339 e. The van der Waals surface area contributed by atoms with Crippen LogP contribution in [0, 0.1) is 20.8 Å². The van der Waals surface area contributed by atoms with Gasteiger partial charge in [-0.05, 0) is 71.7 Å². The van der Waals surface area contributed by atoms with E-state index < -0.39 is 6.10 Å². The number of aryl methyl sites for hydroxylation is 2. The Labute approximate surface area is 176 Å². The maximum Gasteiger partial charge on any atom is 0.339 e. The molecule has 0 saturated carbocycles. The molecule has 1 aromatic heterocycles. The van der Waals surface area contributed by atoms with Crippen molar-refractivity contribution in [1.82, 2.24) is 10.2 Å². The number of rotatable bonds is 4. The van der Waals surface area contributed by atoms with Crippen LogP contribution in [-0.4, -0.2) is 40.9 Å². The van der Waals surface area contributed by atoms with Gasteiger partial charge in [0.15, 0.2) is 6.10 Å². The number of likely N-dealkylation sites (tertiary alicyclic amines) is 1. The predicted octanol–water partition coefficient (Wildman–Crippen LogP) is 3.00. The SMILES string of the molecule is Cc1cc(OC(C)C(=O)NC2CC(=O)N(C(C)(C)C)C2)c2c(C)c(C)c(=O)oc2c1. The van der Waals surface area contributed by atoms with Crippen LogP contribution in [0.25, 0.3) is 11.0 Å². The molecular formula is C23H30N2O5. The molecule has 1 aromatic carbocycles. The summed E-state index contributed by atoms with van der Waals surface area (Å²) in [6.45, 7) is 13.5. The van der Waals surface area contributed by atoms with Gasteiger partial charge in [0.2, 0.25) is 5.91 Å². The van der Waals surface area contributed by atoms with Gasteiger partial charge in [0.05, 0.1) is 11.4 Å². The summed E-state index contributed by atoms with van der Waals surface area (Å²) in [6, 6.07) is 3.37. The lowest BCUT2D eigenvalue weighted by molar-refractivity contribution is -0.131. The number of carbonyl (C=O) groups is 2. The molecule has 0 bridgehead atoms. The van der Waals surface area contributed by atoms with Crippen LogP contribution in [0.15, 0.2) is 21.3 Å². The summed E-state index contributed by atoms with van der Waals surface area (Å²) in [7, 11) is 0. The highest BCUT2D eigenvalue weighted by Gasteiger charge is 2.37. The number of carbonyl (C=O) groups excluding carboxylic acids is 2. The Kier molecular flexibility index (Phi) is 5.67. The van der Waals surface area contributed by atoms with Crippen LogP contribution in [0.4, 0.5) is 0 Å². The van der Waals surface area contributed by atoms with E-state index >= 15 is 0 Å². The highest BCUT2D eigenvalue weighted by atomic mass is 16.5. The number of nitrogens with zero attached hydrogens (tertiary/aromatic N) is 1. The molecule has 0 radical (unpaired) electrons. The monoisotopic (exact) mass is 414 g/mol. The quantitative estimate of drug-likeness (QED) is 0.777. The Hall–Kier alpha value is -2.83. The van der Waals surface area contributed by atoms with Gasteiger partial charge < -0.3 is 19.4 Å². The minimum atomic E-state index is -0.777. The van der Waals surface area contributed by atoms with E-state index in [2.05, 4.69) is 5.32 Å². The number of fused-ring (bicyclic) bond motifs is 1. The minimum absolute atomic E-state index is 0.0344. The van der Waals surface area contributed by atoms with Crippen molar-refractivity contribution in [2.75, 3.05) is 6.54 Å². The molecule has 1 fully saturated rings. The minimum Gasteiger partial charge on any atom is -0.480 e. The molecule has 1 saturated heterocycles. The number of ether oxygens (including phenoxy) is 1. The second-order valence-electron chi connectivity index (χ2n) is 9.12. The molecule has 2 unspecified atom stereocenters. The summed E-state index contributed by atoms with van der Waals surface area (Å²) < 4.78 is 11.4. The van der Waals surface area contributed by atoms with Crippen molar-refractivity contribution in [3.63, 3.8) is 0 Å². The van der Waals surface area contributed by atoms with Crippen LogP contribution in [0.3, 0.4) is 0 Å². The van der Waals surface area contributed by atoms with Crippen molar-refractivity contribution >= 4 is 22.8 Å². The zero-order valence-corrected chi connectivity index (χ0v) is 18.7. The van der Waals surface area contributed by atoms with Gasteiger partial charge in [-0.25, -0.2) is 4.79 Å². The number of benzene rings is 1. The summed E-state index contributed by atoms with van der Waals surface area (Å²) in [4.78, 5) is 38.8. The van der Waals surface area contributed by atoms with Crippen LogP contribution in [-0.2, 0) is 9.59 Å². The average Bonchev–Trinajstić information content (AvgIpc) is 2.99. The van der Waals surface area contributed by atoms with E-state index in [1.54, 1.807) is 24.8 Å². The van der Waals surface area contributed by atoms with E-state index in [0.717, 1.165) is 11.1 Å². The van der Waals surface area contributed by atoms with Gasteiger partial charge in [0, 0.05) is 24.1 Å². The second-order valence-corrected chi connectivity index (χ2v) is 9.12. The Morgan fingerprint density at radius 2 is 1.87 bits per heavy atom. The van der Waals surface area contributed by atoms with Crippen molar-refractivity contribution in [3.05, 3.63) is 39.2 Å². The summed E-state index contributed by atoms with van der Waals surface area (Å²) in [6.07, 6.45) is -0.493. The first-order chi connectivity index (χ1) is 13.9. The summed E-state index contributed by atoms with van der Waals surface area (Å²) >= 11 is 0.